The Bertz CT molecular complexity index is 1000. The van der Waals surface area contributed by atoms with Crippen molar-refractivity contribution in [1.82, 2.24) is 9.80 Å². The summed E-state index contributed by atoms with van der Waals surface area (Å²) in [7, 11) is 0. The minimum atomic E-state index is -0.505. The molecule has 4 amide bonds. The number of piperazine rings is 1. The van der Waals surface area contributed by atoms with Gasteiger partial charge < -0.3 is 9.80 Å². The maximum Gasteiger partial charge on any atom is 0.350 e. The van der Waals surface area contributed by atoms with Gasteiger partial charge in [0.05, 0.1) is 11.6 Å². The van der Waals surface area contributed by atoms with E-state index in [-0.39, 0.29) is 11.8 Å². The van der Waals surface area contributed by atoms with Gasteiger partial charge in [-0.3, -0.25) is 14.5 Å². The van der Waals surface area contributed by atoms with Gasteiger partial charge in [0.2, 0.25) is 11.8 Å². The Morgan fingerprint density at radius 2 is 1.84 bits per heavy atom. The molecule has 0 spiro atoms. The van der Waals surface area contributed by atoms with Crippen molar-refractivity contribution in [1.29, 1.82) is 0 Å². The summed E-state index contributed by atoms with van der Waals surface area (Å²) in [4.78, 5) is 47.0. The van der Waals surface area contributed by atoms with Crippen LogP contribution < -0.4 is 4.90 Å². The third kappa shape index (κ3) is 4.66. The molecular weight excluding hydrogens is 404 g/mol. The van der Waals surface area contributed by atoms with Gasteiger partial charge in [0.1, 0.15) is 0 Å². The van der Waals surface area contributed by atoms with Crippen molar-refractivity contribution < 1.29 is 14.4 Å². The molecule has 3 aliphatic rings. The minimum absolute atomic E-state index is 0.141. The zero-order valence-electron chi connectivity index (χ0n) is 18.8. The molecule has 0 bridgehead atoms. The summed E-state index contributed by atoms with van der Waals surface area (Å²) in [5.41, 5.74) is 4.26. The summed E-state index contributed by atoms with van der Waals surface area (Å²) in [5, 5.41) is 0. The van der Waals surface area contributed by atoms with Crippen LogP contribution in [0.4, 0.5) is 10.5 Å². The van der Waals surface area contributed by atoms with E-state index in [1.54, 1.807) is 24.3 Å². The molecule has 1 fully saturated rings. The standard InChI is InChI=1S/C25H30N4O3/c1-18-10-11-19(2)22(17-18)27-13-15-28(16-14-27)23(30)9-5-6-12-29-24(31)20-7-3-4-8-21(20)26-25(29)32/h3-4,7-8,10-11,17,20H,5-6,9,12-16H2,1-2H3. The smallest absolute Gasteiger partial charge is 0.350 e. The van der Waals surface area contributed by atoms with Crippen molar-refractivity contribution in [3.8, 4) is 0 Å². The Morgan fingerprint density at radius 1 is 1.06 bits per heavy atom. The van der Waals surface area contributed by atoms with Crippen LogP contribution in [0.1, 0.15) is 30.4 Å². The molecule has 1 aromatic rings. The van der Waals surface area contributed by atoms with Gasteiger partial charge in [-0.1, -0.05) is 30.4 Å². The number of rotatable bonds is 6. The van der Waals surface area contributed by atoms with Gasteiger partial charge in [-0.2, -0.15) is 4.99 Å². The van der Waals surface area contributed by atoms with E-state index in [0.29, 0.717) is 44.6 Å². The molecule has 0 aromatic heterocycles. The van der Waals surface area contributed by atoms with E-state index in [0.717, 1.165) is 13.1 Å². The molecule has 1 atom stereocenters. The fraction of sp³-hybridized carbons (Fsp3) is 0.440. The van der Waals surface area contributed by atoms with Crippen molar-refractivity contribution >= 4 is 29.2 Å². The number of unbranched alkanes of at least 4 members (excludes halogenated alkanes) is 1. The fourth-order valence-corrected chi connectivity index (χ4v) is 4.45. The first kappa shape index (κ1) is 22.0. The van der Waals surface area contributed by atoms with E-state index in [1.165, 1.54) is 21.7 Å². The summed E-state index contributed by atoms with van der Waals surface area (Å²) < 4.78 is 0. The summed E-state index contributed by atoms with van der Waals surface area (Å²) >= 11 is 0. The lowest BCUT2D eigenvalue weighted by atomic mass is 9.95. The number of allylic oxidation sites excluding steroid dienone is 3. The maximum atomic E-state index is 12.7. The van der Waals surface area contributed by atoms with Crippen LogP contribution in [0.15, 0.2) is 47.5 Å². The monoisotopic (exact) mass is 434 g/mol. The zero-order chi connectivity index (χ0) is 22.7. The van der Waals surface area contributed by atoms with Gasteiger partial charge >= 0.3 is 6.03 Å². The zero-order valence-corrected chi connectivity index (χ0v) is 18.8. The Hall–Kier alpha value is -3.22. The quantitative estimate of drug-likeness (QED) is 0.644. The molecule has 0 N–H and O–H groups in total. The van der Waals surface area contributed by atoms with Gasteiger partial charge in [-0.25, -0.2) is 4.79 Å². The SMILES string of the molecule is Cc1ccc(C)c(N2CCN(C(=O)CCCCN3C(=O)N=C4C=CC=CC4C3=O)CC2)c1. The number of aliphatic imine (C=N–C) groups is 1. The summed E-state index contributed by atoms with van der Waals surface area (Å²) in [6.07, 6.45) is 8.72. The molecule has 0 saturated carbocycles. The molecule has 1 unspecified atom stereocenters. The van der Waals surface area contributed by atoms with Gasteiger partial charge in [0, 0.05) is 44.8 Å². The molecule has 7 nitrogen and oxygen atoms in total. The fourth-order valence-electron chi connectivity index (χ4n) is 4.45. The van der Waals surface area contributed by atoms with Crippen LogP contribution in [0, 0.1) is 19.8 Å². The molecule has 32 heavy (non-hydrogen) atoms. The topological polar surface area (TPSA) is 73.3 Å². The number of urea groups is 1. The third-order valence-corrected chi connectivity index (χ3v) is 6.35. The van der Waals surface area contributed by atoms with E-state index in [4.69, 9.17) is 0 Å². The highest BCUT2D eigenvalue weighted by Gasteiger charge is 2.35. The Kier molecular flexibility index (Phi) is 6.53. The van der Waals surface area contributed by atoms with Crippen molar-refractivity contribution in [2.45, 2.75) is 33.1 Å². The molecular formula is C25H30N4O3. The van der Waals surface area contributed by atoms with Crippen LogP contribution in [-0.4, -0.2) is 66.1 Å². The number of imide groups is 1. The number of anilines is 1. The van der Waals surface area contributed by atoms with Gasteiger partial charge in [-0.15, -0.1) is 0 Å². The number of carbonyl (C=O) groups is 3. The van der Waals surface area contributed by atoms with E-state index >= 15 is 0 Å². The first-order valence-corrected chi connectivity index (χ1v) is 11.3. The summed E-state index contributed by atoms with van der Waals surface area (Å²) in [5.74, 6) is -0.551. The van der Waals surface area contributed by atoms with Gasteiger partial charge in [0.25, 0.3) is 0 Å². The average molecular weight is 435 g/mol. The second kappa shape index (κ2) is 9.51. The van der Waals surface area contributed by atoms with E-state index in [9.17, 15) is 14.4 Å². The molecule has 7 heteroatoms. The van der Waals surface area contributed by atoms with Gasteiger partial charge in [0.15, 0.2) is 0 Å². The normalized spacial score (nSPS) is 20.5. The van der Waals surface area contributed by atoms with Crippen molar-refractivity contribution in [2.24, 2.45) is 10.9 Å². The lowest BCUT2D eigenvalue weighted by Crippen LogP contribution is -2.49. The predicted molar refractivity (Wildman–Crippen MR) is 125 cm³/mol. The second-order valence-corrected chi connectivity index (χ2v) is 8.65. The first-order valence-electron chi connectivity index (χ1n) is 11.3. The molecule has 1 saturated heterocycles. The number of benzene rings is 1. The largest absolute Gasteiger partial charge is 0.368 e. The minimum Gasteiger partial charge on any atom is -0.368 e. The Balaban J connectivity index is 1.21. The van der Waals surface area contributed by atoms with Crippen molar-refractivity contribution in [3.63, 3.8) is 0 Å². The number of hydrogen-bond donors (Lipinski definition) is 0. The van der Waals surface area contributed by atoms with E-state index in [2.05, 4.69) is 41.9 Å². The molecule has 4 rings (SSSR count). The van der Waals surface area contributed by atoms with Crippen LogP contribution in [0.5, 0.6) is 0 Å². The number of amides is 4. The first-order chi connectivity index (χ1) is 15.4. The van der Waals surface area contributed by atoms with Crippen LogP contribution >= 0.6 is 0 Å². The summed E-state index contributed by atoms with van der Waals surface area (Å²) in [6, 6.07) is 5.98. The lowest BCUT2D eigenvalue weighted by molar-refractivity contribution is -0.131. The lowest BCUT2D eigenvalue weighted by Gasteiger charge is -2.37. The molecule has 0 radical (unpaired) electrons. The highest BCUT2D eigenvalue weighted by molar-refractivity contribution is 6.21. The molecule has 168 valence electrons. The van der Waals surface area contributed by atoms with Crippen molar-refractivity contribution in [3.05, 3.63) is 53.6 Å². The second-order valence-electron chi connectivity index (χ2n) is 8.65. The predicted octanol–water partition coefficient (Wildman–Crippen LogP) is 3.27. The summed E-state index contributed by atoms with van der Waals surface area (Å²) in [6.45, 7) is 7.62. The Labute approximate surface area is 189 Å². The number of hydrogen-bond acceptors (Lipinski definition) is 4. The molecule has 1 aromatic carbocycles. The van der Waals surface area contributed by atoms with Crippen LogP contribution in [0.25, 0.3) is 0 Å². The average Bonchev–Trinajstić information content (AvgIpc) is 2.80. The van der Waals surface area contributed by atoms with E-state index < -0.39 is 11.9 Å². The maximum absolute atomic E-state index is 12.7. The van der Waals surface area contributed by atoms with E-state index in [1.807, 2.05) is 4.90 Å². The van der Waals surface area contributed by atoms with Crippen LogP contribution in [-0.2, 0) is 9.59 Å². The number of carbonyl (C=O) groups excluding carboxylic acids is 3. The highest BCUT2D eigenvalue weighted by atomic mass is 16.2. The number of fused-ring (bicyclic) bond motifs is 1. The Morgan fingerprint density at radius 3 is 2.62 bits per heavy atom. The molecule has 1 aliphatic carbocycles. The van der Waals surface area contributed by atoms with Gasteiger partial charge in [-0.05, 0) is 50.0 Å². The number of aryl methyl sites for hydroxylation is 2. The highest BCUT2D eigenvalue weighted by Crippen LogP contribution is 2.23. The van der Waals surface area contributed by atoms with Crippen LogP contribution in [0.3, 0.4) is 0 Å². The van der Waals surface area contributed by atoms with Crippen LogP contribution in [0.2, 0.25) is 0 Å². The molecule has 2 aliphatic heterocycles. The third-order valence-electron chi connectivity index (χ3n) is 6.35. The van der Waals surface area contributed by atoms with Crippen molar-refractivity contribution in [2.75, 3.05) is 37.6 Å². The molecule has 2 heterocycles. The number of nitrogens with zero attached hydrogens (tertiary/aromatic N) is 4.